The summed E-state index contributed by atoms with van der Waals surface area (Å²) in [5.74, 6) is -0.0229. The largest absolute Gasteiger partial charge is 0.495 e. The van der Waals surface area contributed by atoms with Crippen LogP contribution in [0.4, 0.5) is 15.1 Å². The number of halogens is 1. The zero-order chi connectivity index (χ0) is 24.5. The van der Waals surface area contributed by atoms with Gasteiger partial charge in [0.2, 0.25) is 0 Å². The predicted molar refractivity (Wildman–Crippen MR) is 135 cm³/mol. The number of hydrogen-bond acceptors (Lipinski definition) is 4. The SMILES string of the molecule is COc1ccccc1NC(=O)c1c(NC(=O)c2ccc(F)cc2)sc2c1CCC(C(C)(C)C)C2. The summed E-state index contributed by atoms with van der Waals surface area (Å²) in [6, 6.07) is 12.6. The Balaban J connectivity index is 1.69. The third-order valence-corrected chi connectivity index (χ3v) is 7.58. The zero-order valence-electron chi connectivity index (χ0n) is 19.8. The van der Waals surface area contributed by atoms with Crippen molar-refractivity contribution in [1.29, 1.82) is 0 Å². The highest BCUT2D eigenvalue weighted by Crippen LogP contribution is 2.44. The van der Waals surface area contributed by atoms with Crippen molar-refractivity contribution >= 4 is 33.8 Å². The van der Waals surface area contributed by atoms with Gasteiger partial charge in [-0.1, -0.05) is 32.9 Å². The molecule has 0 radical (unpaired) electrons. The van der Waals surface area contributed by atoms with E-state index >= 15 is 0 Å². The lowest BCUT2D eigenvalue weighted by molar-refractivity contribution is 0.102. The van der Waals surface area contributed by atoms with Crippen molar-refractivity contribution in [2.45, 2.75) is 40.0 Å². The molecule has 0 fully saturated rings. The molecule has 1 heterocycles. The maximum atomic E-state index is 13.5. The third-order valence-electron chi connectivity index (χ3n) is 6.41. The maximum Gasteiger partial charge on any atom is 0.259 e. The third kappa shape index (κ3) is 4.99. The highest BCUT2D eigenvalue weighted by molar-refractivity contribution is 7.17. The van der Waals surface area contributed by atoms with Gasteiger partial charge in [-0.15, -0.1) is 11.3 Å². The van der Waals surface area contributed by atoms with Crippen LogP contribution in [0.3, 0.4) is 0 Å². The highest BCUT2D eigenvalue weighted by atomic mass is 32.1. The lowest BCUT2D eigenvalue weighted by Crippen LogP contribution is -2.27. The van der Waals surface area contributed by atoms with Gasteiger partial charge in [0.05, 0.1) is 18.4 Å². The molecule has 0 saturated carbocycles. The van der Waals surface area contributed by atoms with E-state index < -0.39 is 5.82 Å². The molecule has 0 bridgehead atoms. The van der Waals surface area contributed by atoms with Crippen LogP contribution in [0.5, 0.6) is 5.75 Å². The summed E-state index contributed by atoms with van der Waals surface area (Å²) >= 11 is 1.46. The Morgan fingerprint density at radius 2 is 1.74 bits per heavy atom. The molecule has 2 aromatic carbocycles. The van der Waals surface area contributed by atoms with Gasteiger partial charge in [-0.2, -0.15) is 0 Å². The Kier molecular flexibility index (Phi) is 6.75. The summed E-state index contributed by atoms with van der Waals surface area (Å²) < 4.78 is 18.7. The Morgan fingerprint density at radius 3 is 2.41 bits per heavy atom. The highest BCUT2D eigenvalue weighted by Gasteiger charge is 2.34. The van der Waals surface area contributed by atoms with Crippen LogP contribution in [0.2, 0.25) is 0 Å². The van der Waals surface area contributed by atoms with Gasteiger partial charge in [0.1, 0.15) is 16.6 Å². The van der Waals surface area contributed by atoms with Gasteiger partial charge in [0, 0.05) is 10.4 Å². The van der Waals surface area contributed by atoms with E-state index in [-0.39, 0.29) is 17.2 Å². The summed E-state index contributed by atoms with van der Waals surface area (Å²) in [6.07, 6.45) is 2.62. The van der Waals surface area contributed by atoms with E-state index in [0.717, 1.165) is 29.7 Å². The zero-order valence-corrected chi connectivity index (χ0v) is 20.6. The summed E-state index contributed by atoms with van der Waals surface area (Å²) in [5, 5.41) is 6.39. The number of ether oxygens (including phenoxy) is 1. The molecule has 4 rings (SSSR count). The minimum absolute atomic E-state index is 0.152. The quantitative estimate of drug-likeness (QED) is 0.435. The summed E-state index contributed by atoms with van der Waals surface area (Å²) in [6.45, 7) is 6.72. The molecule has 3 aromatic rings. The molecule has 0 aliphatic heterocycles. The van der Waals surface area contributed by atoms with Crippen molar-refractivity contribution in [3.05, 3.63) is 75.9 Å². The standard InChI is InChI=1S/C27H29FN2O3S/c1-27(2,3)17-11-14-19-22(15-17)34-26(30-24(31)16-9-12-18(28)13-10-16)23(19)25(32)29-20-7-5-6-8-21(20)33-4/h5-10,12-13,17H,11,14-15H2,1-4H3,(H,29,32)(H,30,31). The van der Waals surface area contributed by atoms with E-state index in [0.29, 0.717) is 33.5 Å². The molecule has 2 N–H and O–H groups in total. The number of rotatable bonds is 5. The summed E-state index contributed by atoms with van der Waals surface area (Å²) in [7, 11) is 1.55. The Hall–Kier alpha value is -3.19. The lowest BCUT2D eigenvalue weighted by atomic mass is 9.72. The van der Waals surface area contributed by atoms with Crippen molar-refractivity contribution in [1.82, 2.24) is 0 Å². The minimum atomic E-state index is -0.409. The number of nitrogens with one attached hydrogen (secondary N) is 2. The second-order valence-corrected chi connectivity index (χ2v) is 10.7. The first kappa shape index (κ1) is 24.0. The Bertz CT molecular complexity index is 1210. The Morgan fingerprint density at radius 1 is 1.03 bits per heavy atom. The van der Waals surface area contributed by atoms with Crippen LogP contribution in [-0.4, -0.2) is 18.9 Å². The number of thiophene rings is 1. The average Bonchev–Trinajstić information content (AvgIpc) is 3.16. The molecule has 1 aliphatic rings. The molecule has 2 amide bonds. The van der Waals surface area contributed by atoms with Gasteiger partial charge < -0.3 is 15.4 Å². The molecule has 0 spiro atoms. The van der Waals surface area contributed by atoms with E-state index in [2.05, 4.69) is 31.4 Å². The first-order chi connectivity index (χ1) is 16.2. The van der Waals surface area contributed by atoms with Gasteiger partial charge in [-0.3, -0.25) is 9.59 Å². The van der Waals surface area contributed by atoms with Gasteiger partial charge in [-0.05, 0) is 72.6 Å². The number of methoxy groups -OCH3 is 1. The number of carbonyl (C=O) groups excluding carboxylic acids is 2. The second kappa shape index (κ2) is 9.58. The van der Waals surface area contributed by atoms with Crippen LogP contribution in [-0.2, 0) is 12.8 Å². The molecule has 5 nitrogen and oxygen atoms in total. The predicted octanol–water partition coefficient (Wildman–Crippen LogP) is 6.55. The maximum absolute atomic E-state index is 13.5. The van der Waals surface area contributed by atoms with Crippen LogP contribution >= 0.6 is 11.3 Å². The fourth-order valence-electron chi connectivity index (χ4n) is 4.36. The number of amides is 2. The van der Waals surface area contributed by atoms with Crippen molar-refractivity contribution in [2.24, 2.45) is 11.3 Å². The number of anilines is 2. The Labute approximate surface area is 203 Å². The molecule has 1 unspecified atom stereocenters. The first-order valence-corrected chi connectivity index (χ1v) is 12.1. The molecule has 0 saturated heterocycles. The average molecular weight is 481 g/mol. The normalized spacial score (nSPS) is 15.4. The number of para-hydroxylation sites is 2. The van der Waals surface area contributed by atoms with E-state index in [1.54, 1.807) is 19.2 Å². The number of benzene rings is 2. The molecular formula is C27H29FN2O3S. The molecule has 1 atom stereocenters. The molecule has 7 heteroatoms. The summed E-state index contributed by atoms with van der Waals surface area (Å²) in [5.41, 5.74) is 2.53. The molecule has 178 valence electrons. The minimum Gasteiger partial charge on any atom is -0.495 e. The molecular weight excluding hydrogens is 451 g/mol. The lowest BCUT2D eigenvalue weighted by Gasteiger charge is -2.33. The number of fused-ring (bicyclic) bond motifs is 1. The van der Waals surface area contributed by atoms with Gasteiger partial charge in [0.25, 0.3) is 11.8 Å². The fraction of sp³-hybridized carbons (Fsp3) is 0.333. The number of hydrogen-bond donors (Lipinski definition) is 2. The van der Waals surface area contributed by atoms with E-state index in [1.807, 2.05) is 12.1 Å². The van der Waals surface area contributed by atoms with Crippen molar-refractivity contribution < 1.29 is 18.7 Å². The van der Waals surface area contributed by atoms with E-state index in [9.17, 15) is 14.0 Å². The van der Waals surface area contributed by atoms with Gasteiger partial charge in [-0.25, -0.2) is 4.39 Å². The van der Waals surface area contributed by atoms with Crippen molar-refractivity contribution in [3.63, 3.8) is 0 Å². The fourth-order valence-corrected chi connectivity index (χ4v) is 5.68. The van der Waals surface area contributed by atoms with Crippen LogP contribution < -0.4 is 15.4 Å². The second-order valence-electron chi connectivity index (χ2n) is 9.63. The molecule has 1 aliphatic carbocycles. The molecule has 34 heavy (non-hydrogen) atoms. The van der Waals surface area contributed by atoms with Gasteiger partial charge >= 0.3 is 0 Å². The van der Waals surface area contributed by atoms with Gasteiger partial charge in [0.15, 0.2) is 0 Å². The monoisotopic (exact) mass is 480 g/mol. The van der Waals surface area contributed by atoms with Crippen molar-refractivity contribution in [2.75, 3.05) is 17.7 Å². The topological polar surface area (TPSA) is 67.4 Å². The van der Waals surface area contributed by atoms with E-state index in [4.69, 9.17) is 4.74 Å². The summed E-state index contributed by atoms with van der Waals surface area (Å²) in [4.78, 5) is 27.6. The van der Waals surface area contributed by atoms with Crippen molar-refractivity contribution in [3.8, 4) is 5.75 Å². The van der Waals surface area contributed by atoms with Crippen LogP contribution in [0.25, 0.3) is 0 Å². The number of carbonyl (C=O) groups is 2. The van der Waals surface area contributed by atoms with Crippen LogP contribution in [0, 0.1) is 17.2 Å². The van der Waals surface area contributed by atoms with Crippen LogP contribution in [0.1, 0.15) is 58.3 Å². The van der Waals surface area contributed by atoms with Crippen LogP contribution in [0.15, 0.2) is 48.5 Å². The first-order valence-electron chi connectivity index (χ1n) is 11.3. The smallest absolute Gasteiger partial charge is 0.259 e. The van der Waals surface area contributed by atoms with E-state index in [1.165, 1.54) is 35.6 Å². The molecule has 1 aromatic heterocycles.